The molecule has 2 aromatic heterocycles. The normalized spacial score (nSPS) is 13.0. The van der Waals surface area contributed by atoms with Gasteiger partial charge in [-0.1, -0.05) is 91.5 Å². The first kappa shape index (κ1) is 25.2. The number of aromatic nitrogens is 2. The van der Waals surface area contributed by atoms with Crippen molar-refractivity contribution >= 4 is 16.6 Å². The summed E-state index contributed by atoms with van der Waals surface area (Å²) in [6.07, 6.45) is 3.43. The van der Waals surface area contributed by atoms with E-state index in [2.05, 4.69) is 118 Å². The fourth-order valence-electron chi connectivity index (χ4n) is 7.73. The average molecular weight is 571 g/mol. The number of fused-ring (bicyclic) bond motifs is 12. The van der Waals surface area contributed by atoms with Crippen molar-refractivity contribution in [1.82, 2.24) is 9.97 Å². The Hall–Kier alpha value is -6.36. The minimum Gasteiger partial charge on any atom is -0.361 e. The van der Waals surface area contributed by atoms with Gasteiger partial charge in [0.25, 0.3) is 5.82 Å². The van der Waals surface area contributed by atoms with Crippen molar-refractivity contribution in [3.63, 3.8) is 0 Å². The van der Waals surface area contributed by atoms with Gasteiger partial charge in [-0.2, -0.15) is 5.26 Å². The van der Waals surface area contributed by atoms with Crippen molar-refractivity contribution in [3.05, 3.63) is 173 Å². The fourth-order valence-corrected chi connectivity index (χ4v) is 7.73. The number of pyridine rings is 2. The van der Waals surface area contributed by atoms with E-state index in [9.17, 15) is 5.26 Å². The molecule has 0 saturated carbocycles. The van der Waals surface area contributed by atoms with Crippen molar-refractivity contribution in [3.8, 4) is 50.6 Å². The van der Waals surface area contributed by atoms with Crippen LogP contribution < -0.4 is 0 Å². The molecule has 0 atom stereocenters. The van der Waals surface area contributed by atoms with Crippen molar-refractivity contribution in [1.29, 1.82) is 5.26 Å². The highest BCUT2D eigenvalue weighted by Crippen LogP contribution is 2.64. The first-order chi connectivity index (χ1) is 22.2. The van der Waals surface area contributed by atoms with Crippen LogP contribution in [0.2, 0.25) is 0 Å². The smallest absolute Gasteiger partial charge is 0.270 e. The van der Waals surface area contributed by atoms with Gasteiger partial charge in [0, 0.05) is 6.20 Å². The second-order valence-corrected chi connectivity index (χ2v) is 11.5. The van der Waals surface area contributed by atoms with Crippen molar-refractivity contribution < 1.29 is 0 Å². The highest BCUT2D eigenvalue weighted by atomic mass is 14.8. The molecule has 0 aliphatic heterocycles. The summed E-state index contributed by atoms with van der Waals surface area (Å²) in [5, 5.41) is 11.9. The maximum absolute atomic E-state index is 9.59. The van der Waals surface area contributed by atoms with Gasteiger partial charge >= 0.3 is 0 Å². The van der Waals surface area contributed by atoms with Crippen LogP contribution in [0.1, 0.15) is 27.9 Å². The summed E-state index contributed by atoms with van der Waals surface area (Å²) in [6.45, 7) is 7.63. The van der Waals surface area contributed by atoms with E-state index in [1.807, 2.05) is 24.3 Å². The van der Waals surface area contributed by atoms with Gasteiger partial charge in [0.1, 0.15) is 18.0 Å². The van der Waals surface area contributed by atoms with Gasteiger partial charge in [0.2, 0.25) is 0 Å². The molecule has 0 saturated heterocycles. The summed E-state index contributed by atoms with van der Waals surface area (Å²) in [4.78, 5) is 12.1. The summed E-state index contributed by atoms with van der Waals surface area (Å²) >= 11 is 0. The number of nitriles is 1. The standard InChI is InChI=1S/C41H22N4/c1-43-39-22-27(17-19-45-39)34-23-38-40(32-11-3-2-8-29(32)34)33-15-14-25(26-16-18-44-28(20-26)24-42)21-37(33)41(38)35-12-6-4-9-30(35)31-10-5-7-13-36(31)41/h2-23H. The average Bonchev–Trinajstić information content (AvgIpc) is 3.58. The lowest BCUT2D eigenvalue weighted by Crippen LogP contribution is -2.26. The molecule has 2 heterocycles. The number of nitrogens with zero attached hydrogens (tertiary/aromatic N) is 4. The monoisotopic (exact) mass is 570 g/mol. The lowest BCUT2D eigenvalue weighted by atomic mass is 9.69. The van der Waals surface area contributed by atoms with E-state index in [0.717, 1.165) is 27.6 Å². The molecule has 7 aromatic rings. The topological polar surface area (TPSA) is 53.9 Å². The molecule has 0 amide bonds. The zero-order chi connectivity index (χ0) is 30.1. The third-order valence-electron chi connectivity index (χ3n) is 9.47. The fraction of sp³-hybridized carbons (Fsp3) is 0.0244. The molecule has 45 heavy (non-hydrogen) atoms. The van der Waals surface area contributed by atoms with Gasteiger partial charge in [0.15, 0.2) is 0 Å². The van der Waals surface area contributed by atoms with E-state index >= 15 is 0 Å². The van der Waals surface area contributed by atoms with Crippen LogP contribution in [0.3, 0.4) is 0 Å². The third kappa shape index (κ3) is 3.34. The molecule has 1 spiro atoms. The van der Waals surface area contributed by atoms with E-state index in [1.54, 1.807) is 12.4 Å². The van der Waals surface area contributed by atoms with Gasteiger partial charge in [-0.25, -0.2) is 4.98 Å². The predicted molar refractivity (Wildman–Crippen MR) is 178 cm³/mol. The van der Waals surface area contributed by atoms with Gasteiger partial charge in [-0.05, 0) is 114 Å². The maximum atomic E-state index is 9.59. The summed E-state index contributed by atoms with van der Waals surface area (Å²) in [5.41, 5.74) is 13.8. The molecule has 0 radical (unpaired) electrons. The lowest BCUT2D eigenvalue weighted by Gasteiger charge is -2.31. The Kier molecular flexibility index (Phi) is 5.21. The minimum absolute atomic E-state index is 0.380. The quantitative estimate of drug-likeness (QED) is 0.194. The zero-order valence-electron chi connectivity index (χ0n) is 24.0. The molecule has 9 rings (SSSR count). The summed E-state index contributed by atoms with van der Waals surface area (Å²) < 4.78 is 0. The summed E-state index contributed by atoms with van der Waals surface area (Å²) in [6, 6.07) is 45.2. The second kappa shape index (κ2) is 9.32. The van der Waals surface area contributed by atoms with Crippen LogP contribution in [-0.4, -0.2) is 9.97 Å². The molecule has 0 N–H and O–H groups in total. The Morgan fingerprint density at radius 3 is 1.98 bits per heavy atom. The molecule has 5 aromatic carbocycles. The van der Waals surface area contributed by atoms with E-state index in [-0.39, 0.29) is 0 Å². The van der Waals surface area contributed by atoms with Crippen molar-refractivity contribution in [2.24, 2.45) is 0 Å². The summed E-state index contributed by atoms with van der Waals surface area (Å²) in [7, 11) is 0. The first-order valence-electron chi connectivity index (χ1n) is 14.8. The molecule has 206 valence electrons. The van der Waals surface area contributed by atoms with Crippen molar-refractivity contribution in [2.75, 3.05) is 0 Å². The molecule has 4 nitrogen and oxygen atoms in total. The third-order valence-corrected chi connectivity index (χ3v) is 9.47. The van der Waals surface area contributed by atoms with Crippen LogP contribution in [0.25, 0.3) is 60.1 Å². The molecule has 0 unspecified atom stereocenters. The largest absolute Gasteiger partial charge is 0.361 e. The second-order valence-electron chi connectivity index (χ2n) is 11.5. The van der Waals surface area contributed by atoms with E-state index < -0.39 is 5.41 Å². The summed E-state index contributed by atoms with van der Waals surface area (Å²) in [5.74, 6) is 0.380. The van der Waals surface area contributed by atoms with E-state index in [0.29, 0.717) is 11.5 Å². The van der Waals surface area contributed by atoms with Crippen LogP contribution >= 0.6 is 0 Å². The highest BCUT2D eigenvalue weighted by molar-refractivity contribution is 6.11. The Labute approximate surface area is 260 Å². The number of hydrogen-bond donors (Lipinski definition) is 0. The van der Waals surface area contributed by atoms with Crippen LogP contribution in [0.5, 0.6) is 0 Å². The van der Waals surface area contributed by atoms with E-state index in [1.165, 1.54) is 49.9 Å². The Balaban J connectivity index is 1.46. The Bertz CT molecular complexity index is 2430. The molecular weight excluding hydrogens is 548 g/mol. The molecular formula is C41H22N4. The van der Waals surface area contributed by atoms with Crippen LogP contribution in [0, 0.1) is 17.9 Å². The maximum Gasteiger partial charge on any atom is 0.270 e. The van der Waals surface area contributed by atoms with Crippen LogP contribution in [0.4, 0.5) is 5.82 Å². The predicted octanol–water partition coefficient (Wildman–Crippen LogP) is 9.73. The molecule has 2 aliphatic carbocycles. The van der Waals surface area contributed by atoms with E-state index in [4.69, 9.17) is 6.57 Å². The highest BCUT2D eigenvalue weighted by Gasteiger charge is 2.52. The zero-order valence-corrected chi connectivity index (χ0v) is 24.0. The SMILES string of the molecule is [C-]#[N+]c1cc(-c2cc3c(c4ccccc24)-c2ccc(-c4ccnc(C#N)c4)cc2C32c3ccccc3-c3ccccc32)ccn1. The molecule has 0 bridgehead atoms. The van der Waals surface area contributed by atoms with Gasteiger partial charge in [-0.3, -0.25) is 0 Å². The number of hydrogen-bond acceptors (Lipinski definition) is 3. The van der Waals surface area contributed by atoms with Crippen LogP contribution in [-0.2, 0) is 5.41 Å². The van der Waals surface area contributed by atoms with Gasteiger partial charge in [-0.15, -0.1) is 4.98 Å². The molecule has 2 aliphatic rings. The first-order valence-corrected chi connectivity index (χ1v) is 14.8. The van der Waals surface area contributed by atoms with Crippen molar-refractivity contribution in [2.45, 2.75) is 5.41 Å². The number of benzene rings is 5. The van der Waals surface area contributed by atoms with Gasteiger partial charge < -0.3 is 4.85 Å². The molecule has 0 fully saturated rings. The lowest BCUT2D eigenvalue weighted by molar-refractivity contribution is 0.795. The Morgan fingerprint density at radius 1 is 0.556 bits per heavy atom. The molecule has 4 heteroatoms. The number of rotatable bonds is 2. The van der Waals surface area contributed by atoms with Crippen LogP contribution in [0.15, 0.2) is 134 Å². The Morgan fingerprint density at radius 2 is 1.22 bits per heavy atom. The van der Waals surface area contributed by atoms with Gasteiger partial charge in [0.05, 0.1) is 5.41 Å². The minimum atomic E-state index is -0.562.